The van der Waals surface area contributed by atoms with E-state index in [1.807, 2.05) is 30.0 Å². The molecule has 0 radical (unpaired) electrons. The van der Waals surface area contributed by atoms with Gasteiger partial charge in [-0.3, -0.25) is 4.79 Å². The number of thioether (sulfide) groups is 1. The van der Waals surface area contributed by atoms with Crippen molar-refractivity contribution in [3.8, 4) is 11.8 Å². The molecule has 1 aromatic carbocycles. The van der Waals surface area contributed by atoms with Gasteiger partial charge in [-0.05, 0) is 44.1 Å². The third kappa shape index (κ3) is 4.52. The molecule has 0 bridgehead atoms. The molecule has 2 rings (SSSR count). The molecule has 1 aliphatic carbocycles. The van der Waals surface area contributed by atoms with E-state index in [4.69, 9.17) is 5.11 Å². The molecule has 0 aromatic heterocycles. The molecule has 4 heteroatoms. The van der Waals surface area contributed by atoms with Gasteiger partial charge >= 0.3 is 0 Å². The molecular weight excluding hydrogens is 282 g/mol. The van der Waals surface area contributed by atoms with Gasteiger partial charge in [0.2, 0.25) is 0 Å². The molecule has 0 unspecified atom stereocenters. The van der Waals surface area contributed by atoms with Crippen LogP contribution >= 0.6 is 11.8 Å². The van der Waals surface area contributed by atoms with E-state index in [0.717, 1.165) is 30.9 Å². The Morgan fingerprint density at radius 3 is 2.71 bits per heavy atom. The zero-order chi connectivity index (χ0) is 15.1. The zero-order valence-corrected chi connectivity index (χ0v) is 13.1. The Balaban J connectivity index is 2.01. The third-order valence-corrected chi connectivity index (χ3v) is 4.95. The maximum absolute atomic E-state index is 12.4. The highest BCUT2D eigenvalue weighted by molar-refractivity contribution is 7.99. The molecule has 2 N–H and O–H groups in total. The minimum Gasteiger partial charge on any atom is -0.384 e. The normalized spacial score (nSPS) is 21.2. The van der Waals surface area contributed by atoms with Crippen molar-refractivity contribution in [2.24, 2.45) is 0 Å². The standard InChI is InChI=1S/C17H21NO2S/c1-21-15-10-8-14(9-11-15)18-17(20)16-7-3-2-5-13(16)6-4-12-19/h2-3,5,7,14-15,19H,8-12H2,1H3,(H,18,20). The largest absolute Gasteiger partial charge is 0.384 e. The van der Waals surface area contributed by atoms with Crippen molar-refractivity contribution >= 4 is 17.7 Å². The van der Waals surface area contributed by atoms with E-state index >= 15 is 0 Å². The molecule has 0 atom stereocenters. The minimum absolute atomic E-state index is 0.0644. The van der Waals surface area contributed by atoms with Crippen molar-refractivity contribution in [1.29, 1.82) is 0 Å². The monoisotopic (exact) mass is 303 g/mol. The SMILES string of the molecule is CSC1CCC(NC(=O)c2ccccc2C#CCO)CC1. The summed E-state index contributed by atoms with van der Waals surface area (Å²) in [5, 5.41) is 12.6. The van der Waals surface area contributed by atoms with Crippen LogP contribution in [0.15, 0.2) is 24.3 Å². The first kappa shape index (κ1) is 15.9. The first-order chi connectivity index (χ1) is 10.2. The van der Waals surface area contributed by atoms with Gasteiger partial charge in [-0.25, -0.2) is 0 Å². The third-order valence-electron chi connectivity index (χ3n) is 3.82. The van der Waals surface area contributed by atoms with Gasteiger partial charge in [0, 0.05) is 16.9 Å². The van der Waals surface area contributed by atoms with Crippen LogP contribution in [0.5, 0.6) is 0 Å². The lowest BCUT2D eigenvalue weighted by Crippen LogP contribution is -2.38. The Labute approximate surface area is 130 Å². The molecule has 21 heavy (non-hydrogen) atoms. The molecule has 1 amide bonds. The number of hydrogen-bond donors (Lipinski definition) is 2. The average molecular weight is 303 g/mol. The number of nitrogens with one attached hydrogen (secondary N) is 1. The van der Waals surface area contributed by atoms with E-state index in [0.29, 0.717) is 11.1 Å². The number of carbonyl (C=O) groups excluding carboxylic acids is 1. The van der Waals surface area contributed by atoms with Gasteiger partial charge in [0.25, 0.3) is 5.91 Å². The molecular formula is C17H21NO2S. The van der Waals surface area contributed by atoms with Crippen LogP contribution in [0.4, 0.5) is 0 Å². The first-order valence-electron chi connectivity index (χ1n) is 7.27. The highest BCUT2D eigenvalue weighted by Gasteiger charge is 2.22. The lowest BCUT2D eigenvalue weighted by Gasteiger charge is -2.28. The Morgan fingerprint density at radius 1 is 1.33 bits per heavy atom. The lowest BCUT2D eigenvalue weighted by atomic mass is 9.94. The fourth-order valence-electron chi connectivity index (χ4n) is 2.63. The average Bonchev–Trinajstić information content (AvgIpc) is 2.54. The number of rotatable bonds is 3. The molecule has 112 valence electrons. The van der Waals surface area contributed by atoms with Gasteiger partial charge in [-0.1, -0.05) is 24.0 Å². The predicted octanol–water partition coefficient (Wildman–Crippen LogP) is 2.43. The van der Waals surface area contributed by atoms with Crippen molar-refractivity contribution in [1.82, 2.24) is 5.32 Å². The van der Waals surface area contributed by atoms with Gasteiger partial charge in [0.15, 0.2) is 0 Å². The minimum atomic E-state index is -0.200. The number of aliphatic hydroxyl groups is 1. The van der Waals surface area contributed by atoms with Crippen molar-refractivity contribution in [2.45, 2.75) is 37.0 Å². The lowest BCUT2D eigenvalue weighted by molar-refractivity contribution is 0.0928. The summed E-state index contributed by atoms with van der Waals surface area (Å²) in [4.78, 5) is 12.4. The van der Waals surface area contributed by atoms with E-state index in [-0.39, 0.29) is 18.6 Å². The van der Waals surface area contributed by atoms with Crippen molar-refractivity contribution in [3.63, 3.8) is 0 Å². The summed E-state index contributed by atoms with van der Waals surface area (Å²) < 4.78 is 0. The van der Waals surface area contributed by atoms with Crippen LogP contribution in [-0.4, -0.2) is 35.2 Å². The van der Waals surface area contributed by atoms with E-state index in [1.165, 1.54) is 0 Å². The second kappa shape index (κ2) is 8.11. The van der Waals surface area contributed by atoms with E-state index in [2.05, 4.69) is 23.4 Å². The molecule has 3 nitrogen and oxygen atoms in total. The van der Waals surface area contributed by atoms with Gasteiger partial charge in [-0.15, -0.1) is 0 Å². The van der Waals surface area contributed by atoms with Gasteiger partial charge in [0.05, 0.1) is 5.56 Å². The number of carbonyl (C=O) groups is 1. The van der Waals surface area contributed by atoms with E-state index in [9.17, 15) is 4.79 Å². The van der Waals surface area contributed by atoms with Crippen LogP contribution in [0, 0.1) is 11.8 Å². The second-order valence-corrected chi connectivity index (χ2v) is 6.33. The molecule has 0 heterocycles. The summed E-state index contributed by atoms with van der Waals surface area (Å²) in [6, 6.07) is 7.54. The summed E-state index contributed by atoms with van der Waals surface area (Å²) in [5.41, 5.74) is 1.26. The van der Waals surface area contributed by atoms with Crippen molar-refractivity contribution in [3.05, 3.63) is 35.4 Å². The van der Waals surface area contributed by atoms with E-state index in [1.54, 1.807) is 6.07 Å². The highest BCUT2D eigenvalue weighted by Crippen LogP contribution is 2.27. The number of hydrogen-bond acceptors (Lipinski definition) is 3. The van der Waals surface area contributed by atoms with Crippen molar-refractivity contribution in [2.75, 3.05) is 12.9 Å². The first-order valence-corrected chi connectivity index (χ1v) is 8.55. The van der Waals surface area contributed by atoms with Gasteiger partial charge < -0.3 is 10.4 Å². The maximum atomic E-state index is 12.4. The fraction of sp³-hybridized carbons (Fsp3) is 0.471. The van der Waals surface area contributed by atoms with Crippen LogP contribution < -0.4 is 5.32 Å². The Bertz CT molecular complexity index is 539. The van der Waals surface area contributed by atoms with Crippen LogP contribution in [0.2, 0.25) is 0 Å². The fourth-order valence-corrected chi connectivity index (χ4v) is 3.37. The zero-order valence-electron chi connectivity index (χ0n) is 12.3. The van der Waals surface area contributed by atoms with Crippen molar-refractivity contribution < 1.29 is 9.90 Å². The molecule has 1 aromatic rings. The van der Waals surface area contributed by atoms with Crippen LogP contribution in [0.1, 0.15) is 41.6 Å². The van der Waals surface area contributed by atoms with Crippen LogP contribution in [-0.2, 0) is 0 Å². The van der Waals surface area contributed by atoms with Gasteiger partial charge in [0.1, 0.15) is 6.61 Å². The van der Waals surface area contributed by atoms with Crippen LogP contribution in [0.3, 0.4) is 0 Å². The maximum Gasteiger partial charge on any atom is 0.252 e. The Kier molecular flexibility index (Phi) is 6.16. The van der Waals surface area contributed by atoms with Gasteiger partial charge in [-0.2, -0.15) is 11.8 Å². The Hall–Kier alpha value is -1.44. The molecule has 1 aliphatic rings. The molecule has 0 aliphatic heterocycles. The summed E-state index contributed by atoms with van der Waals surface area (Å²) in [6.45, 7) is -0.200. The molecule has 1 saturated carbocycles. The van der Waals surface area contributed by atoms with Crippen LogP contribution in [0.25, 0.3) is 0 Å². The summed E-state index contributed by atoms with van der Waals surface area (Å²) in [6.07, 6.45) is 6.57. The smallest absolute Gasteiger partial charge is 0.252 e. The summed E-state index contributed by atoms with van der Waals surface area (Å²) in [7, 11) is 0. The molecule has 0 spiro atoms. The topological polar surface area (TPSA) is 49.3 Å². The summed E-state index contributed by atoms with van der Waals surface area (Å²) >= 11 is 1.92. The number of amides is 1. The highest BCUT2D eigenvalue weighted by atomic mass is 32.2. The van der Waals surface area contributed by atoms with E-state index < -0.39 is 0 Å². The molecule has 1 fully saturated rings. The number of benzene rings is 1. The second-order valence-electron chi connectivity index (χ2n) is 5.19. The Morgan fingerprint density at radius 2 is 2.05 bits per heavy atom. The quantitative estimate of drug-likeness (QED) is 0.843. The summed E-state index contributed by atoms with van der Waals surface area (Å²) in [5.74, 6) is 5.37. The number of aliphatic hydroxyl groups excluding tert-OH is 1. The predicted molar refractivity (Wildman–Crippen MR) is 87.4 cm³/mol. The molecule has 0 saturated heterocycles.